The van der Waals surface area contributed by atoms with Crippen LogP contribution in [0.3, 0.4) is 0 Å². The number of esters is 1. The van der Waals surface area contributed by atoms with Gasteiger partial charge in [0.1, 0.15) is 54.2 Å². The van der Waals surface area contributed by atoms with Crippen molar-refractivity contribution in [1.29, 1.82) is 5.53 Å². The van der Waals surface area contributed by atoms with Gasteiger partial charge in [-0.15, -0.1) is 0 Å². The van der Waals surface area contributed by atoms with Crippen molar-refractivity contribution >= 4 is 47.8 Å². The fourth-order valence-electron chi connectivity index (χ4n) is 7.37. The van der Waals surface area contributed by atoms with Crippen LogP contribution in [0.5, 0.6) is 5.75 Å². The lowest BCUT2D eigenvalue weighted by molar-refractivity contribution is -0.591. The Labute approximate surface area is 459 Å². The Morgan fingerprint density at radius 3 is 1.96 bits per heavy atom. The molecule has 1 aromatic carbocycles. The Morgan fingerprint density at radius 1 is 0.838 bits per heavy atom. The van der Waals surface area contributed by atoms with Crippen LogP contribution in [0.15, 0.2) is 35.3 Å². The summed E-state index contributed by atoms with van der Waals surface area (Å²) in [5, 5.41) is 30.9. The number of aryl methyl sites for hydroxylation is 1. The Morgan fingerprint density at radius 2 is 1.39 bits per heavy atom. The number of nitrogens with two attached hydrogens (primary N) is 1. The minimum absolute atomic E-state index is 0.0317. The summed E-state index contributed by atoms with van der Waals surface area (Å²) in [6, 6.07) is 0.817. The van der Waals surface area contributed by atoms with Gasteiger partial charge in [0.15, 0.2) is 39.2 Å². The number of hydrogen-bond donors (Lipinski definition) is 5. The third-order valence-corrected chi connectivity index (χ3v) is 18.2. The van der Waals surface area contributed by atoms with Gasteiger partial charge in [-0.3, -0.25) is 13.9 Å². The van der Waals surface area contributed by atoms with E-state index in [1.807, 2.05) is 5.32 Å². The van der Waals surface area contributed by atoms with Gasteiger partial charge in [0.05, 0.1) is 141 Å². The molecule has 0 amide bonds. The number of sulfone groups is 1. The number of benzene rings is 1. The van der Waals surface area contributed by atoms with E-state index in [-0.39, 0.29) is 104 Å². The molecule has 2 saturated heterocycles. The van der Waals surface area contributed by atoms with Crippen LogP contribution in [0.1, 0.15) is 18.5 Å². The van der Waals surface area contributed by atoms with E-state index in [1.165, 1.54) is 10.9 Å². The number of fused-ring (bicyclic) bond motifs is 1. The molecule has 6 N–H and O–H groups in total. The molecule has 5 rings (SSSR count). The number of nitrogens with one attached hydrogen (secondary N) is 1. The molecule has 4 heterocycles. The first-order valence-electron chi connectivity index (χ1n) is 25.0. The number of aliphatic hydroxyl groups excluding tert-OH is 2. The Balaban J connectivity index is 0.820. The second-order valence-electron chi connectivity index (χ2n) is 17.5. The van der Waals surface area contributed by atoms with Gasteiger partial charge in [0, 0.05) is 39.4 Å². The van der Waals surface area contributed by atoms with E-state index in [0.717, 1.165) is 14.2 Å². The van der Waals surface area contributed by atoms with Gasteiger partial charge < -0.3 is 86.3 Å². The number of quaternary nitrogens is 1. The van der Waals surface area contributed by atoms with E-state index in [4.69, 9.17) is 61.7 Å². The van der Waals surface area contributed by atoms with Gasteiger partial charge in [-0.2, -0.15) is 10.2 Å². The molecule has 29 nitrogen and oxygen atoms in total. The number of carbonyl (C=O) groups excluding carboxylic acids is 1. The van der Waals surface area contributed by atoms with E-state index in [0.29, 0.717) is 74.4 Å². The summed E-state index contributed by atoms with van der Waals surface area (Å²) < 4.78 is 161. The molecule has 2 aromatic heterocycles. The number of halogens is 3. The molecule has 2 aliphatic rings. The zero-order valence-electron chi connectivity index (χ0n) is 44.3. The number of rotatable bonds is 42. The highest BCUT2D eigenvalue weighted by Gasteiger charge is 2.47. The summed E-state index contributed by atoms with van der Waals surface area (Å²) in [4.78, 5) is 32.7. The van der Waals surface area contributed by atoms with Crippen molar-refractivity contribution in [2.45, 2.75) is 43.1 Å². The molecule has 452 valence electrons. The quantitative estimate of drug-likeness (QED) is 0.0174. The highest BCUT2D eigenvalue weighted by molar-refractivity contribution is 7.92. The maximum Gasteiger partial charge on any atom is 0.342 e. The van der Waals surface area contributed by atoms with Crippen LogP contribution in [0, 0.1) is 29.9 Å². The van der Waals surface area contributed by atoms with E-state index in [1.54, 1.807) is 18.0 Å². The standard InChI is InChI=1S/C45H69F3N8O21P2S/c1-31-52-43(35-25-51-56(44(35)53-31)45-41(59)40(58)38(76-45)29-75-78(60,61)30-79(62,65-2)66-3)55-26-34(27-55)80(63,64)21-20-73-17-16-71-14-15-72-18-19-74-28-33(54-49)24-50-5-7-68-9-11-70-13-12-69-10-8-67-6-4-39(57)77-42-36(47)22-32(46)23-37(42)48/h22-25,34,38,40-41,45,49-50,58-59H,4-21,26-30H2,1-3H3,(H,60,61)/p+1/b33-24-,54-49?/t38-,40-,41-,45-/m1/s1. The molecule has 5 atom stereocenters. The summed E-state index contributed by atoms with van der Waals surface area (Å²) in [6.45, 7) is 5.44. The van der Waals surface area contributed by atoms with Crippen LogP contribution in [-0.2, 0) is 80.0 Å². The fraction of sp³-hybridized carbons (Fsp3) is 0.689. The van der Waals surface area contributed by atoms with Crippen LogP contribution < -0.4 is 15.0 Å². The zero-order valence-corrected chi connectivity index (χ0v) is 47.0. The van der Waals surface area contributed by atoms with Crippen molar-refractivity contribution in [3.63, 3.8) is 0 Å². The van der Waals surface area contributed by atoms with E-state index in [9.17, 15) is 50.6 Å². The molecule has 80 heavy (non-hydrogen) atoms. The lowest BCUT2D eigenvalue weighted by Crippen LogP contribution is -2.79. The van der Waals surface area contributed by atoms with Crippen molar-refractivity contribution in [1.82, 2.24) is 19.7 Å². The molecule has 35 heteroatoms. The Hall–Kier alpha value is -4.06. The first-order chi connectivity index (χ1) is 38.3. The van der Waals surface area contributed by atoms with Gasteiger partial charge in [0.2, 0.25) is 5.75 Å². The zero-order chi connectivity index (χ0) is 58.1. The highest BCUT2D eigenvalue weighted by atomic mass is 32.2. The summed E-state index contributed by atoms with van der Waals surface area (Å²) in [5.41, 5.74) is 8.01. The minimum atomic E-state index is -4.56. The molecule has 1 unspecified atom stereocenters. The van der Waals surface area contributed by atoms with Gasteiger partial charge in [-0.1, -0.05) is 0 Å². The van der Waals surface area contributed by atoms with Gasteiger partial charge >= 0.3 is 21.2 Å². The normalized spacial score (nSPS) is 19.0. The third kappa shape index (κ3) is 21.6. The topological polar surface area (TPSA) is 366 Å². The summed E-state index contributed by atoms with van der Waals surface area (Å²) >= 11 is 0. The summed E-state index contributed by atoms with van der Waals surface area (Å²) in [6.07, 6.45) is -2.94. The second kappa shape index (κ2) is 33.9. The predicted octanol–water partition coefficient (Wildman–Crippen LogP) is 0.984. The number of ether oxygens (including phenoxy) is 10. The average molecular weight is 1210 g/mol. The number of aromatic nitrogens is 4. The molecule has 0 aliphatic carbocycles. The van der Waals surface area contributed by atoms with E-state index >= 15 is 0 Å². The molecular formula is C45H70F3N8O21P2S+. The first-order valence-corrected chi connectivity index (χ1v) is 30.2. The third-order valence-electron chi connectivity index (χ3n) is 11.6. The van der Waals surface area contributed by atoms with Crippen molar-refractivity contribution < 1.29 is 117 Å². The predicted molar refractivity (Wildman–Crippen MR) is 271 cm³/mol. The van der Waals surface area contributed by atoms with Gasteiger partial charge in [-0.25, -0.2) is 41.8 Å². The average Bonchev–Trinajstić information content (AvgIpc) is 4.17. The molecule has 3 aromatic rings. The lowest BCUT2D eigenvalue weighted by atomic mass is 10.1. The second-order valence-corrected chi connectivity index (χ2v) is 24.5. The summed E-state index contributed by atoms with van der Waals surface area (Å²) in [5.74, 6) is -6.14. The molecule has 0 saturated carbocycles. The smallest absolute Gasteiger partial charge is 0.342 e. The monoisotopic (exact) mass is 1210 g/mol. The Kier molecular flexibility index (Phi) is 28.3. The van der Waals surface area contributed by atoms with Crippen LogP contribution in [0.25, 0.3) is 11.0 Å². The number of anilines is 1. The van der Waals surface area contributed by atoms with Crippen LogP contribution >= 0.6 is 15.2 Å². The SMILES string of the molecule is COP(=O)(CP(=O)(O)OC[C@H]1O[C@@H](n2ncc3c(N4CC(S(=O)(=O)CCOCCOCCOCCOC/C(=C/[NH2+]CCOCCOCCOCCOCCC(=O)Oc5c(F)cc(F)cc5F)N=N)C4)nc(C)nc32)[C@H](O)[C@@H]1O)OC. The van der Waals surface area contributed by atoms with E-state index in [2.05, 4.69) is 24.9 Å². The molecule has 2 aliphatic heterocycles. The number of hydrogen-bond acceptors (Lipinski definition) is 26. The summed E-state index contributed by atoms with van der Waals surface area (Å²) in [7, 11) is -9.93. The molecule has 2 fully saturated rings. The van der Waals surface area contributed by atoms with Crippen LogP contribution in [0.4, 0.5) is 19.0 Å². The van der Waals surface area contributed by atoms with Crippen molar-refractivity contribution in [2.24, 2.45) is 5.11 Å². The van der Waals surface area contributed by atoms with Gasteiger partial charge in [0.25, 0.3) is 0 Å². The largest absolute Gasteiger partial charge is 0.420 e. The molecule has 0 spiro atoms. The molecule has 0 radical (unpaired) electrons. The number of aliphatic hydroxyl groups is 2. The number of nitrogens with zero attached hydrogens (tertiary/aromatic N) is 6. The van der Waals surface area contributed by atoms with Crippen LogP contribution in [-0.4, -0.2) is 231 Å². The lowest BCUT2D eigenvalue weighted by Gasteiger charge is -2.39. The first kappa shape index (κ1) is 66.7. The maximum absolute atomic E-state index is 13.6. The molecule has 0 bridgehead atoms. The van der Waals surface area contributed by atoms with Crippen molar-refractivity contribution in [3.8, 4) is 5.75 Å². The van der Waals surface area contributed by atoms with Crippen LogP contribution in [0.2, 0.25) is 0 Å². The van der Waals surface area contributed by atoms with E-state index < -0.39 is 96.5 Å². The van der Waals surface area contributed by atoms with Crippen molar-refractivity contribution in [2.75, 3.05) is 163 Å². The Bertz CT molecular complexity index is 2630. The van der Waals surface area contributed by atoms with Gasteiger partial charge in [-0.05, 0) is 6.92 Å². The maximum atomic E-state index is 13.6. The number of carbonyl (C=O) groups is 1. The molecular weight excluding hydrogens is 1140 g/mol. The minimum Gasteiger partial charge on any atom is -0.420 e. The van der Waals surface area contributed by atoms with Crippen molar-refractivity contribution in [3.05, 3.63) is 53.5 Å². The highest BCUT2D eigenvalue weighted by Crippen LogP contribution is 2.60. The fourth-order valence-corrected chi connectivity index (χ4v) is 12.4.